The zero-order valence-electron chi connectivity index (χ0n) is 14.0. The van der Waals surface area contributed by atoms with Gasteiger partial charge >= 0.3 is 0 Å². The van der Waals surface area contributed by atoms with Gasteiger partial charge in [-0.3, -0.25) is 14.5 Å². The predicted molar refractivity (Wildman–Crippen MR) is 99.7 cm³/mol. The second-order valence-corrected chi connectivity index (χ2v) is 5.78. The van der Waals surface area contributed by atoms with Crippen molar-refractivity contribution in [3.8, 4) is 0 Å². The molecular weight excluding hydrogens is 312 g/mol. The van der Waals surface area contributed by atoms with Crippen LogP contribution in [0.15, 0.2) is 67.3 Å². The molecule has 1 heterocycles. The highest BCUT2D eigenvalue weighted by Gasteiger charge is 2.20. The lowest BCUT2D eigenvalue weighted by molar-refractivity contribution is -0.114. The first-order chi connectivity index (χ1) is 12.1. The van der Waals surface area contributed by atoms with Gasteiger partial charge < -0.3 is 0 Å². The molecule has 25 heavy (non-hydrogen) atoms. The highest BCUT2D eigenvalue weighted by Crippen LogP contribution is 2.26. The van der Waals surface area contributed by atoms with E-state index in [0.29, 0.717) is 17.9 Å². The SMILES string of the molecule is C=CC(=O)N(Cc1ccccc1)c1nc2c(C)cccc2cc1C=O. The zero-order valence-corrected chi connectivity index (χ0v) is 14.0. The number of hydrogen-bond acceptors (Lipinski definition) is 3. The topological polar surface area (TPSA) is 50.3 Å². The number of fused-ring (bicyclic) bond motifs is 1. The van der Waals surface area contributed by atoms with Crippen LogP contribution >= 0.6 is 0 Å². The monoisotopic (exact) mass is 330 g/mol. The number of aryl methyl sites for hydroxylation is 1. The highest BCUT2D eigenvalue weighted by molar-refractivity contribution is 6.04. The largest absolute Gasteiger partial charge is 0.298 e. The van der Waals surface area contributed by atoms with Crippen LogP contribution in [-0.2, 0) is 11.3 Å². The van der Waals surface area contributed by atoms with Crippen molar-refractivity contribution in [2.45, 2.75) is 13.5 Å². The summed E-state index contributed by atoms with van der Waals surface area (Å²) in [6.45, 7) is 5.85. The van der Waals surface area contributed by atoms with E-state index in [1.54, 1.807) is 6.07 Å². The van der Waals surface area contributed by atoms with Gasteiger partial charge in [-0.15, -0.1) is 0 Å². The molecule has 0 atom stereocenters. The predicted octanol–water partition coefficient (Wildman–Crippen LogP) is 4.07. The molecular formula is C21H18N2O2. The van der Waals surface area contributed by atoms with E-state index in [4.69, 9.17) is 0 Å². The van der Waals surface area contributed by atoms with E-state index in [1.807, 2.05) is 55.5 Å². The van der Waals surface area contributed by atoms with Gasteiger partial charge in [-0.25, -0.2) is 4.98 Å². The fourth-order valence-corrected chi connectivity index (χ4v) is 2.79. The summed E-state index contributed by atoms with van der Waals surface area (Å²) in [7, 11) is 0. The minimum absolute atomic E-state index is 0.299. The average molecular weight is 330 g/mol. The molecule has 3 aromatic rings. The van der Waals surface area contributed by atoms with Crippen molar-refractivity contribution in [1.29, 1.82) is 0 Å². The number of amides is 1. The van der Waals surface area contributed by atoms with Crippen molar-refractivity contribution < 1.29 is 9.59 Å². The minimum Gasteiger partial charge on any atom is -0.298 e. The van der Waals surface area contributed by atoms with Crippen LogP contribution < -0.4 is 4.90 Å². The van der Waals surface area contributed by atoms with Gasteiger partial charge in [0.1, 0.15) is 5.82 Å². The molecule has 2 aromatic carbocycles. The molecule has 0 N–H and O–H groups in total. The summed E-state index contributed by atoms with van der Waals surface area (Å²) < 4.78 is 0. The number of benzene rings is 2. The van der Waals surface area contributed by atoms with E-state index < -0.39 is 0 Å². The lowest BCUT2D eigenvalue weighted by Gasteiger charge is -2.22. The van der Waals surface area contributed by atoms with Crippen molar-refractivity contribution in [2.75, 3.05) is 4.90 Å². The number of hydrogen-bond donors (Lipinski definition) is 0. The van der Waals surface area contributed by atoms with E-state index in [-0.39, 0.29) is 5.91 Å². The second kappa shape index (κ2) is 7.09. The van der Waals surface area contributed by atoms with Gasteiger partial charge in [-0.2, -0.15) is 0 Å². The Morgan fingerprint density at radius 1 is 1.16 bits per heavy atom. The number of anilines is 1. The summed E-state index contributed by atoms with van der Waals surface area (Å²) in [6.07, 6.45) is 1.97. The van der Waals surface area contributed by atoms with E-state index in [0.717, 1.165) is 28.3 Å². The number of carbonyl (C=O) groups excluding carboxylic acids is 2. The van der Waals surface area contributed by atoms with E-state index in [1.165, 1.54) is 11.0 Å². The molecule has 0 aliphatic rings. The standard InChI is InChI=1S/C21H18N2O2/c1-3-19(25)23(13-16-9-5-4-6-10-16)21-18(14-24)12-17-11-7-8-15(2)20(17)22-21/h3-12,14H,1,13H2,2H3. The Kier molecular flexibility index (Phi) is 4.70. The summed E-state index contributed by atoms with van der Waals surface area (Å²) in [5, 5.41) is 0.872. The Balaban J connectivity index is 2.17. The zero-order chi connectivity index (χ0) is 17.8. The molecule has 0 radical (unpaired) electrons. The van der Waals surface area contributed by atoms with Crippen LogP contribution in [0.1, 0.15) is 21.5 Å². The summed E-state index contributed by atoms with van der Waals surface area (Å²) in [5.74, 6) is 0.0536. The van der Waals surface area contributed by atoms with Crippen molar-refractivity contribution in [1.82, 2.24) is 4.98 Å². The molecule has 0 unspecified atom stereocenters. The molecule has 0 aliphatic heterocycles. The van der Waals surface area contributed by atoms with Crippen LogP contribution in [0.5, 0.6) is 0 Å². The van der Waals surface area contributed by atoms with Gasteiger partial charge in [-0.05, 0) is 30.2 Å². The molecule has 0 aliphatic carbocycles. The number of carbonyl (C=O) groups is 2. The van der Waals surface area contributed by atoms with Crippen LogP contribution in [0, 0.1) is 6.92 Å². The first-order valence-corrected chi connectivity index (χ1v) is 7.97. The first-order valence-electron chi connectivity index (χ1n) is 7.97. The third kappa shape index (κ3) is 3.33. The fraction of sp³-hybridized carbons (Fsp3) is 0.0952. The second-order valence-electron chi connectivity index (χ2n) is 5.78. The number of para-hydroxylation sites is 1. The molecule has 0 spiro atoms. The molecule has 4 nitrogen and oxygen atoms in total. The van der Waals surface area contributed by atoms with Crippen LogP contribution in [-0.4, -0.2) is 17.2 Å². The Bertz CT molecular complexity index is 949. The Labute approximate surface area is 146 Å². The summed E-state index contributed by atoms with van der Waals surface area (Å²) in [6, 6.07) is 17.1. The fourth-order valence-electron chi connectivity index (χ4n) is 2.79. The lowest BCUT2D eigenvalue weighted by Crippen LogP contribution is -2.30. The maximum atomic E-state index is 12.5. The van der Waals surface area contributed by atoms with Crippen molar-refractivity contribution in [3.63, 3.8) is 0 Å². The molecule has 4 heteroatoms. The van der Waals surface area contributed by atoms with Crippen LogP contribution in [0.3, 0.4) is 0 Å². The molecule has 0 saturated carbocycles. The third-order valence-electron chi connectivity index (χ3n) is 4.06. The van der Waals surface area contributed by atoms with Crippen LogP contribution in [0.25, 0.3) is 10.9 Å². The van der Waals surface area contributed by atoms with Gasteiger partial charge in [0, 0.05) is 5.39 Å². The van der Waals surface area contributed by atoms with Crippen molar-refractivity contribution >= 4 is 28.9 Å². The van der Waals surface area contributed by atoms with Crippen molar-refractivity contribution in [3.05, 3.63) is 83.9 Å². The number of pyridine rings is 1. The third-order valence-corrected chi connectivity index (χ3v) is 4.06. The summed E-state index contributed by atoms with van der Waals surface area (Å²) in [4.78, 5) is 30.2. The molecule has 1 aromatic heterocycles. The summed E-state index contributed by atoms with van der Waals surface area (Å²) in [5.41, 5.74) is 3.09. The molecule has 0 bridgehead atoms. The number of aldehydes is 1. The minimum atomic E-state index is -0.299. The Morgan fingerprint density at radius 3 is 2.60 bits per heavy atom. The average Bonchev–Trinajstić information content (AvgIpc) is 2.66. The molecule has 3 rings (SSSR count). The Hall–Kier alpha value is -3.27. The van der Waals surface area contributed by atoms with Crippen LogP contribution in [0.4, 0.5) is 5.82 Å². The molecule has 0 saturated heterocycles. The van der Waals surface area contributed by atoms with E-state index in [2.05, 4.69) is 11.6 Å². The van der Waals surface area contributed by atoms with Gasteiger partial charge in [0.25, 0.3) is 5.91 Å². The van der Waals surface area contributed by atoms with E-state index >= 15 is 0 Å². The van der Waals surface area contributed by atoms with Gasteiger partial charge in [-0.1, -0.05) is 55.1 Å². The number of aromatic nitrogens is 1. The normalized spacial score (nSPS) is 10.4. The molecule has 0 fully saturated rings. The van der Waals surface area contributed by atoms with Crippen molar-refractivity contribution in [2.24, 2.45) is 0 Å². The number of rotatable bonds is 5. The van der Waals surface area contributed by atoms with E-state index in [9.17, 15) is 9.59 Å². The summed E-state index contributed by atoms with van der Waals surface area (Å²) >= 11 is 0. The maximum Gasteiger partial charge on any atom is 0.251 e. The maximum absolute atomic E-state index is 12.5. The highest BCUT2D eigenvalue weighted by atomic mass is 16.2. The lowest BCUT2D eigenvalue weighted by atomic mass is 10.1. The van der Waals surface area contributed by atoms with Gasteiger partial charge in [0.2, 0.25) is 0 Å². The smallest absolute Gasteiger partial charge is 0.251 e. The van der Waals surface area contributed by atoms with Gasteiger partial charge in [0.15, 0.2) is 6.29 Å². The first kappa shape index (κ1) is 16.6. The molecule has 1 amide bonds. The number of nitrogens with zero attached hydrogens (tertiary/aromatic N) is 2. The van der Waals surface area contributed by atoms with Gasteiger partial charge in [0.05, 0.1) is 17.6 Å². The Morgan fingerprint density at radius 2 is 1.92 bits per heavy atom. The quantitative estimate of drug-likeness (QED) is 0.523. The molecule has 124 valence electrons. The van der Waals surface area contributed by atoms with Crippen LogP contribution in [0.2, 0.25) is 0 Å².